The number of hydrogen-bond donors (Lipinski definition) is 3. The van der Waals surface area contributed by atoms with Crippen molar-refractivity contribution in [3.63, 3.8) is 0 Å². The minimum Gasteiger partial charge on any atom is -0.486 e. The van der Waals surface area contributed by atoms with Gasteiger partial charge in [-0.1, -0.05) is 28.9 Å². The summed E-state index contributed by atoms with van der Waals surface area (Å²) < 4.78 is 7.12. The van der Waals surface area contributed by atoms with Gasteiger partial charge >= 0.3 is 0 Å². The summed E-state index contributed by atoms with van der Waals surface area (Å²) in [6, 6.07) is 7.10. The predicted octanol–water partition coefficient (Wildman–Crippen LogP) is 0.322. The summed E-state index contributed by atoms with van der Waals surface area (Å²) in [6.07, 6.45) is -0.920. The summed E-state index contributed by atoms with van der Waals surface area (Å²) in [5, 5.41) is 26.8. The summed E-state index contributed by atoms with van der Waals surface area (Å²) in [7, 11) is 0. The zero-order valence-corrected chi connectivity index (χ0v) is 12.1. The molecule has 4 N–H and O–H groups in total. The highest BCUT2D eigenvalue weighted by atomic mass is 35.5. The SMILES string of the molecule is NCc1nnn(CC(O)CO)c1COc1ccccc1Cl. The number of halogens is 1. The van der Waals surface area contributed by atoms with Crippen LogP contribution in [-0.4, -0.2) is 37.9 Å². The van der Waals surface area contributed by atoms with Crippen molar-refractivity contribution in [3.05, 3.63) is 40.7 Å². The van der Waals surface area contributed by atoms with Crippen LogP contribution in [0, 0.1) is 0 Å². The Kier molecular flexibility index (Phi) is 5.51. The molecular formula is C13H17ClN4O3. The molecule has 1 unspecified atom stereocenters. The molecule has 0 saturated carbocycles. The number of para-hydroxylation sites is 1. The monoisotopic (exact) mass is 312 g/mol. The maximum atomic E-state index is 9.52. The van der Waals surface area contributed by atoms with Crippen molar-refractivity contribution >= 4 is 11.6 Å². The standard InChI is InChI=1S/C13H17ClN4O3/c14-10-3-1-2-4-13(10)21-8-12-11(5-15)16-17-18(12)6-9(20)7-19/h1-4,9,19-20H,5-8,15H2. The number of nitrogens with zero attached hydrogens (tertiary/aromatic N) is 3. The Balaban J connectivity index is 2.14. The van der Waals surface area contributed by atoms with Crippen LogP contribution in [0.4, 0.5) is 0 Å². The second kappa shape index (κ2) is 7.37. The van der Waals surface area contributed by atoms with E-state index in [-0.39, 0.29) is 26.3 Å². The van der Waals surface area contributed by atoms with Gasteiger partial charge in [0.1, 0.15) is 23.7 Å². The van der Waals surface area contributed by atoms with E-state index >= 15 is 0 Å². The van der Waals surface area contributed by atoms with Gasteiger partial charge in [-0.3, -0.25) is 0 Å². The van der Waals surface area contributed by atoms with Crippen LogP contribution in [0.2, 0.25) is 5.02 Å². The molecule has 0 bridgehead atoms. The number of aromatic nitrogens is 3. The lowest BCUT2D eigenvalue weighted by atomic mass is 10.3. The van der Waals surface area contributed by atoms with Crippen molar-refractivity contribution in [2.45, 2.75) is 25.8 Å². The van der Waals surface area contributed by atoms with Crippen LogP contribution in [0.5, 0.6) is 5.75 Å². The molecule has 0 aliphatic heterocycles. The lowest BCUT2D eigenvalue weighted by molar-refractivity contribution is 0.0761. The van der Waals surface area contributed by atoms with Crippen molar-refractivity contribution in [1.29, 1.82) is 0 Å². The first-order chi connectivity index (χ1) is 10.2. The van der Waals surface area contributed by atoms with E-state index in [1.807, 2.05) is 12.1 Å². The van der Waals surface area contributed by atoms with Crippen LogP contribution in [0.1, 0.15) is 11.4 Å². The number of nitrogens with two attached hydrogens (primary N) is 1. The summed E-state index contributed by atoms with van der Waals surface area (Å²) in [5.74, 6) is 0.539. The van der Waals surface area contributed by atoms with Crippen molar-refractivity contribution in [1.82, 2.24) is 15.0 Å². The van der Waals surface area contributed by atoms with Gasteiger partial charge in [-0.05, 0) is 12.1 Å². The normalized spacial score (nSPS) is 12.4. The third-order valence-corrected chi connectivity index (χ3v) is 3.22. The van der Waals surface area contributed by atoms with Crippen molar-refractivity contribution in [3.8, 4) is 5.75 Å². The number of aliphatic hydroxyl groups is 2. The fourth-order valence-corrected chi connectivity index (χ4v) is 1.99. The van der Waals surface area contributed by atoms with Gasteiger partial charge in [-0.25, -0.2) is 4.68 Å². The Labute approximate surface area is 126 Å². The first-order valence-electron chi connectivity index (χ1n) is 6.43. The lowest BCUT2D eigenvalue weighted by Gasteiger charge is -2.12. The highest BCUT2D eigenvalue weighted by Crippen LogP contribution is 2.24. The van der Waals surface area contributed by atoms with Gasteiger partial charge in [0.2, 0.25) is 0 Å². The zero-order chi connectivity index (χ0) is 15.2. The second-order valence-electron chi connectivity index (χ2n) is 4.42. The summed E-state index contributed by atoms with van der Waals surface area (Å²) >= 11 is 6.02. The molecule has 0 aliphatic rings. The molecule has 2 rings (SSSR count). The largest absolute Gasteiger partial charge is 0.486 e. The Morgan fingerprint density at radius 3 is 2.81 bits per heavy atom. The number of ether oxygens (including phenoxy) is 1. The third-order valence-electron chi connectivity index (χ3n) is 2.91. The number of aliphatic hydroxyl groups excluding tert-OH is 2. The van der Waals surface area contributed by atoms with Gasteiger partial charge in [0.05, 0.1) is 24.3 Å². The van der Waals surface area contributed by atoms with Crippen molar-refractivity contribution in [2.24, 2.45) is 5.73 Å². The lowest BCUT2D eigenvalue weighted by Crippen LogP contribution is -2.23. The zero-order valence-electron chi connectivity index (χ0n) is 11.3. The van der Waals surface area contributed by atoms with E-state index in [0.29, 0.717) is 22.2 Å². The maximum Gasteiger partial charge on any atom is 0.138 e. The van der Waals surface area contributed by atoms with Gasteiger partial charge in [-0.2, -0.15) is 0 Å². The fraction of sp³-hybridized carbons (Fsp3) is 0.385. The molecule has 1 aromatic heterocycles. The second-order valence-corrected chi connectivity index (χ2v) is 4.83. The molecule has 7 nitrogen and oxygen atoms in total. The molecule has 0 fully saturated rings. The highest BCUT2D eigenvalue weighted by Gasteiger charge is 2.15. The molecule has 1 atom stereocenters. The summed E-state index contributed by atoms with van der Waals surface area (Å²) in [6.45, 7) is 0.130. The van der Waals surface area contributed by atoms with E-state index in [0.717, 1.165) is 0 Å². The number of rotatable bonds is 7. The summed E-state index contributed by atoms with van der Waals surface area (Å²) in [4.78, 5) is 0. The van der Waals surface area contributed by atoms with E-state index in [4.69, 9.17) is 27.2 Å². The molecule has 2 aromatic rings. The molecule has 8 heteroatoms. The maximum absolute atomic E-state index is 9.52. The van der Waals surface area contributed by atoms with Crippen LogP contribution in [0.15, 0.2) is 24.3 Å². The molecule has 1 heterocycles. The van der Waals surface area contributed by atoms with Gasteiger partial charge in [-0.15, -0.1) is 5.10 Å². The fourth-order valence-electron chi connectivity index (χ4n) is 1.80. The topological polar surface area (TPSA) is 106 Å². The third kappa shape index (κ3) is 3.92. The van der Waals surface area contributed by atoms with E-state index in [1.165, 1.54) is 4.68 Å². The van der Waals surface area contributed by atoms with Crippen LogP contribution in [0.25, 0.3) is 0 Å². The quantitative estimate of drug-likeness (QED) is 0.680. The smallest absolute Gasteiger partial charge is 0.138 e. The molecular weight excluding hydrogens is 296 g/mol. The minimum absolute atomic E-state index is 0.116. The average molecular weight is 313 g/mol. The Morgan fingerprint density at radius 1 is 1.38 bits per heavy atom. The molecule has 0 radical (unpaired) electrons. The molecule has 114 valence electrons. The van der Waals surface area contributed by atoms with Crippen molar-refractivity contribution < 1.29 is 14.9 Å². The van der Waals surface area contributed by atoms with Crippen LogP contribution >= 0.6 is 11.6 Å². The van der Waals surface area contributed by atoms with Crippen LogP contribution in [-0.2, 0) is 19.7 Å². The van der Waals surface area contributed by atoms with Gasteiger partial charge in [0.15, 0.2) is 0 Å². The first kappa shape index (κ1) is 15.7. The van der Waals surface area contributed by atoms with Gasteiger partial charge in [0.25, 0.3) is 0 Å². The van der Waals surface area contributed by atoms with E-state index in [2.05, 4.69) is 10.3 Å². The Hall–Kier alpha value is -1.67. The van der Waals surface area contributed by atoms with E-state index in [1.54, 1.807) is 12.1 Å². The van der Waals surface area contributed by atoms with Crippen molar-refractivity contribution in [2.75, 3.05) is 6.61 Å². The Morgan fingerprint density at radius 2 is 2.14 bits per heavy atom. The molecule has 0 spiro atoms. The highest BCUT2D eigenvalue weighted by molar-refractivity contribution is 6.32. The first-order valence-corrected chi connectivity index (χ1v) is 6.81. The average Bonchev–Trinajstić information content (AvgIpc) is 2.88. The van der Waals surface area contributed by atoms with Crippen LogP contribution in [0.3, 0.4) is 0 Å². The molecule has 0 amide bonds. The number of hydrogen-bond acceptors (Lipinski definition) is 6. The van der Waals surface area contributed by atoms with Gasteiger partial charge < -0.3 is 20.7 Å². The minimum atomic E-state index is -0.920. The number of benzene rings is 1. The van der Waals surface area contributed by atoms with Gasteiger partial charge in [0, 0.05) is 6.54 Å². The Bertz CT molecular complexity index is 591. The molecule has 21 heavy (non-hydrogen) atoms. The van der Waals surface area contributed by atoms with E-state index < -0.39 is 6.10 Å². The van der Waals surface area contributed by atoms with Crippen LogP contribution < -0.4 is 10.5 Å². The molecule has 0 aliphatic carbocycles. The van der Waals surface area contributed by atoms with E-state index in [9.17, 15) is 5.11 Å². The molecule has 1 aromatic carbocycles. The molecule has 0 saturated heterocycles. The summed E-state index contributed by atoms with van der Waals surface area (Å²) in [5.41, 5.74) is 6.84. The predicted molar refractivity (Wildman–Crippen MR) is 76.8 cm³/mol.